The van der Waals surface area contributed by atoms with Crippen molar-refractivity contribution >= 4 is 27.7 Å². The largest absolute Gasteiger partial charge is 0.496 e. The van der Waals surface area contributed by atoms with E-state index >= 15 is 0 Å². The fourth-order valence-corrected chi connectivity index (χ4v) is 3.62. The molecule has 1 aromatic carbocycles. The maximum absolute atomic E-state index is 6.17. The molecule has 82 valence electrons. The standard InChI is InChI=1S/C11H14BrNOS/c1-14-10-3-2-8(12)11-7(10)6-15-5-4-9(11)13/h2-3,9H,4-6,13H2,1H3/t9-/m1/s1. The maximum Gasteiger partial charge on any atom is 0.123 e. The molecule has 0 spiro atoms. The fraction of sp³-hybridized carbons (Fsp3) is 0.455. The lowest BCUT2D eigenvalue weighted by Gasteiger charge is -2.16. The van der Waals surface area contributed by atoms with Crippen molar-refractivity contribution in [1.82, 2.24) is 0 Å². The lowest BCUT2D eigenvalue weighted by Crippen LogP contribution is -2.12. The lowest BCUT2D eigenvalue weighted by molar-refractivity contribution is 0.410. The van der Waals surface area contributed by atoms with E-state index in [0.29, 0.717) is 0 Å². The number of halogens is 1. The Morgan fingerprint density at radius 2 is 2.33 bits per heavy atom. The van der Waals surface area contributed by atoms with Crippen LogP contribution in [0.15, 0.2) is 16.6 Å². The summed E-state index contributed by atoms with van der Waals surface area (Å²) in [5, 5.41) is 0. The molecule has 2 N–H and O–H groups in total. The van der Waals surface area contributed by atoms with E-state index in [0.717, 1.165) is 28.1 Å². The van der Waals surface area contributed by atoms with Gasteiger partial charge in [0.05, 0.1) is 7.11 Å². The molecule has 0 aliphatic carbocycles. The fourth-order valence-electron chi connectivity index (χ4n) is 1.89. The molecule has 0 saturated heterocycles. The van der Waals surface area contributed by atoms with Gasteiger partial charge < -0.3 is 10.5 Å². The zero-order valence-electron chi connectivity index (χ0n) is 8.63. The molecule has 1 aliphatic rings. The molecule has 0 aromatic heterocycles. The number of ether oxygens (including phenoxy) is 1. The second-order valence-corrected chi connectivity index (χ2v) is 5.55. The SMILES string of the molecule is COc1ccc(Br)c2c1CSCC[C@H]2N. The van der Waals surface area contributed by atoms with E-state index in [2.05, 4.69) is 15.9 Å². The summed E-state index contributed by atoms with van der Waals surface area (Å²) in [6.07, 6.45) is 1.03. The third kappa shape index (κ3) is 2.17. The average molecular weight is 288 g/mol. The van der Waals surface area contributed by atoms with Crippen LogP contribution in [0.5, 0.6) is 5.75 Å². The van der Waals surface area contributed by atoms with Crippen molar-refractivity contribution in [3.63, 3.8) is 0 Å². The van der Waals surface area contributed by atoms with Gasteiger partial charge in [0.2, 0.25) is 0 Å². The summed E-state index contributed by atoms with van der Waals surface area (Å²) in [5.41, 5.74) is 8.65. The second kappa shape index (κ2) is 4.76. The smallest absolute Gasteiger partial charge is 0.123 e. The minimum absolute atomic E-state index is 0.125. The monoisotopic (exact) mass is 287 g/mol. The first-order chi connectivity index (χ1) is 7.24. The molecule has 1 atom stereocenters. The summed E-state index contributed by atoms with van der Waals surface area (Å²) in [6, 6.07) is 4.15. The van der Waals surface area contributed by atoms with Gasteiger partial charge >= 0.3 is 0 Å². The molecule has 2 rings (SSSR count). The normalized spacial score (nSPS) is 20.6. The highest BCUT2D eigenvalue weighted by atomic mass is 79.9. The van der Waals surface area contributed by atoms with E-state index in [9.17, 15) is 0 Å². The van der Waals surface area contributed by atoms with Crippen molar-refractivity contribution in [3.8, 4) is 5.75 Å². The minimum Gasteiger partial charge on any atom is -0.496 e. The number of benzene rings is 1. The average Bonchev–Trinajstić information content (AvgIpc) is 2.42. The summed E-state index contributed by atoms with van der Waals surface area (Å²) in [7, 11) is 1.71. The first kappa shape index (κ1) is 11.3. The molecule has 0 fully saturated rings. The molecular formula is C11H14BrNOS. The number of hydrogen-bond acceptors (Lipinski definition) is 3. The van der Waals surface area contributed by atoms with Crippen LogP contribution in [0.25, 0.3) is 0 Å². The molecule has 0 saturated carbocycles. The van der Waals surface area contributed by atoms with Gasteiger partial charge in [-0.15, -0.1) is 0 Å². The highest BCUT2D eigenvalue weighted by Crippen LogP contribution is 2.39. The van der Waals surface area contributed by atoms with Crippen molar-refractivity contribution in [2.45, 2.75) is 18.2 Å². The molecule has 0 amide bonds. The number of thioether (sulfide) groups is 1. The summed E-state index contributed by atoms with van der Waals surface area (Å²) < 4.78 is 6.49. The predicted molar refractivity (Wildman–Crippen MR) is 68.4 cm³/mol. The molecule has 1 aliphatic heterocycles. The molecule has 0 unspecified atom stereocenters. The number of methoxy groups -OCH3 is 1. The molecule has 2 nitrogen and oxygen atoms in total. The van der Waals surface area contributed by atoms with Crippen LogP contribution in [0, 0.1) is 0 Å². The van der Waals surface area contributed by atoms with Gasteiger partial charge in [-0.3, -0.25) is 0 Å². The van der Waals surface area contributed by atoms with E-state index < -0.39 is 0 Å². The van der Waals surface area contributed by atoms with Crippen molar-refractivity contribution in [2.24, 2.45) is 5.73 Å². The van der Waals surface area contributed by atoms with Crippen molar-refractivity contribution < 1.29 is 4.74 Å². The molecule has 1 heterocycles. The third-order valence-electron chi connectivity index (χ3n) is 2.67. The zero-order chi connectivity index (χ0) is 10.8. The minimum atomic E-state index is 0.125. The van der Waals surface area contributed by atoms with E-state index in [1.807, 2.05) is 23.9 Å². The van der Waals surface area contributed by atoms with Gasteiger partial charge in [-0.05, 0) is 29.9 Å². The Bertz CT molecular complexity index is 370. The summed E-state index contributed by atoms with van der Waals surface area (Å²) in [4.78, 5) is 0. The molecule has 0 bridgehead atoms. The first-order valence-electron chi connectivity index (χ1n) is 4.92. The Kier molecular flexibility index (Phi) is 3.59. The van der Waals surface area contributed by atoms with Crippen LogP contribution < -0.4 is 10.5 Å². The predicted octanol–water partition coefficient (Wildman–Crippen LogP) is 3.09. The summed E-state index contributed by atoms with van der Waals surface area (Å²) in [6.45, 7) is 0. The van der Waals surface area contributed by atoms with E-state index in [4.69, 9.17) is 10.5 Å². The highest BCUT2D eigenvalue weighted by Gasteiger charge is 2.21. The van der Waals surface area contributed by atoms with Crippen LogP contribution in [-0.4, -0.2) is 12.9 Å². The Morgan fingerprint density at radius 3 is 3.07 bits per heavy atom. The number of hydrogen-bond donors (Lipinski definition) is 1. The summed E-state index contributed by atoms with van der Waals surface area (Å²) in [5.74, 6) is 3.06. The van der Waals surface area contributed by atoms with Gasteiger partial charge in [0.15, 0.2) is 0 Å². The quantitative estimate of drug-likeness (QED) is 0.862. The van der Waals surface area contributed by atoms with Crippen LogP contribution in [0.3, 0.4) is 0 Å². The summed E-state index contributed by atoms with van der Waals surface area (Å²) >= 11 is 5.50. The second-order valence-electron chi connectivity index (χ2n) is 3.59. The molecule has 4 heteroatoms. The number of nitrogens with two attached hydrogens (primary N) is 1. The van der Waals surface area contributed by atoms with Crippen molar-refractivity contribution in [3.05, 3.63) is 27.7 Å². The molecule has 0 radical (unpaired) electrons. The van der Waals surface area contributed by atoms with Gasteiger partial charge in [-0.2, -0.15) is 11.8 Å². The van der Waals surface area contributed by atoms with E-state index in [1.165, 1.54) is 11.1 Å². The maximum atomic E-state index is 6.17. The zero-order valence-corrected chi connectivity index (χ0v) is 11.0. The van der Waals surface area contributed by atoms with Crippen molar-refractivity contribution in [2.75, 3.05) is 12.9 Å². The highest BCUT2D eigenvalue weighted by molar-refractivity contribution is 9.10. The molecular weight excluding hydrogens is 274 g/mol. The lowest BCUT2D eigenvalue weighted by atomic mass is 9.99. The van der Waals surface area contributed by atoms with Crippen LogP contribution >= 0.6 is 27.7 Å². The molecule has 15 heavy (non-hydrogen) atoms. The van der Waals surface area contributed by atoms with Gasteiger partial charge in [0.25, 0.3) is 0 Å². The molecule has 1 aromatic rings. The number of rotatable bonds is 1. The topological polar surface area (TPSA) is 35.2 Å². The Balaban J connectivity index is 2.55. The van der Waals surface area contributed by atoms with Crippen molar-refractivity contribution in [1.29, 1.82) is 0 Å². The Morgan fingerprint density at radius 1 is 1.53 bits per heavy atom. The van der Waals surface area contributed by atoms with Gasteiger partial charge in [-0.25, -0.2) is 0 Å². The van der Waals surface area contributed by atoms with Gasteiger partial charge in [-0.1, -0.05) is 15.9 Å². The van der Waals surface area contributed by atoms with Crippen LogP contribution in [0.1, 0.15) is 23.6 Å². The van der Waals surface area contributed by atoms with Gasteiger partial charge in [0.1, 0.15) is 5.75 Å². The third-order valence-corrected chi connectivity index (χ3v) is 4.38. The Hall–Kier alpha value is -0.190. The van der Waals surface area contributed by atoms with Crippen LogP contribution in [0.2, 0.25) is 0 Å². The van der Waals surface area contributed by atoms with Crippen LogP contribution in [-0.2, 0) is 5.75 Å². The van der Waals surface area contributed by atoms with E-state index in [1.54, 1.807) is 7.11 Å². The van der Waals surface area contributed by atoms with Crippen LogP contribution in [0.4, 0.5) is 0 Å². The van der Waals surface area contributed by atoms with Gasteiger partial charge in [0, 0.05) is 21.8 Å². The van der Waals surface area contributed by atoms with E-state index in [-0.39, 0.29) is 6.04 Å². The number of fused-ring (bicyclic) bond motifs is 1. The Labute approximate surface area is 103 Å². The first-order valence-corrected chi connectivity index (χ1v) is 6.87.